The van der Waals surface area contributed by atoms with Gasteiger partial charge in [0.2, 0.25) is 5.91 Å². The van der Waals surface area contributed by atoms with Crippen LogP contribution in [0.15, 0.2) is 41.8 Å². The van der Waals surface area contributed by atoms with E-state index >= 15 is 0 Å². The lowest BCUT2D eigenvalue weighted by Gasteiger charge is -2.12. The Kier molecular flexibility index (Phi) is 5.89. The molecule has 1 N–H and O–H groups in total. The van der Waals surface area contributed by atoms with Gasteiger partial charge in [-0.2, -0.15) is 0 Å². The van der Waals surface area contributed by atoms with E-state index in [-0.39, 0.29) is 23.3 Å². The number of anilines is 1. The minimum Gasteiger partial charge on any atom is -0.310 e. The van der Waals surface area contributed by atoms with Gasteiger partial charge in [0, 0.05) is 16.9 Å². The van der Waals surface area contributed by atoms with E-state index in [9.17, 15) is 14.0 Å². The maximum absolute atomic E-state index is 14.7. The summed E-state index contributed by atoms with van der Waals surface area (Å²) < 4.78 is 16.5. The van der Waals surface area contributed by atoms with E-state index in [1.165, 1.54) is 12.1 Å². The highest BCUT2D eigenvalue weighted by atomic mass is 19.1. The zero-order chi connectivity index (χ0) is 23.7. The number of hydrogen-bond donors (Lipinski definition) is 1. The number of azide groups is 1. The molecule has 1 aliphatic rings. The van der Waals surface area contributed by atoms with Crippen LogP contribution in [0, 0.1) is 18.7 Å². The second-order valence-corrected chi connectivity index (χ2v) is 8.18. The lowest BCUT2D eigenvalue weighted by molar-refractivity contribution is -0.119. The Morgan fingerprint density at radius 1 is 1.33 bits per heavy atom. The normalized spacial score (nSPS) is 16.9. The molecule has 1 aliphatic carbocycles. The number of benzene rings is 1. The average Bonchev–Trinajstić information content (AvgIpc) is 3.40. The van der Waals surface area contributed by atoms with E-state index in [0.717, 1.165) is 0 Å². The summed E-state index contributed by atoms with van der Waals surface area (Å²) in [6.07, 6.45) is 2.10. The first-order chi connectivity index (χ1) is 15.8. The van der Waals surface area contributed by atoms with E-state index in [1.807, 2.05) is 18.4 Å². The molecule has 11 heteroatoms. The van der Waals surface area contributed by atoms with Gasteiger partial charge < -0.3 is 9.88 Å². The SMILES string of the molecule is Cc1cc(F)c(C(=O)Nc2cccc(-c3nncn3C(C)C)n2)cc1C1CC1C(=O)N=[N+]=[N-]. The van der Waals surface area contributed by atoms with Crippen molar-refractivity contribution in [3.63, 3.8) is 0 Å². The molecule has 2 atom stereocenters. The molecule has 1 saturated carbocycles. The highest BCUT2D eigenvalue weighted by Crippen LogP contribution is 2.49. The Morgan fingerprint density at radius 2 is 2.12 bits per heavy atom. The fourth-order valence-corrected chi connectivity index (χ4v) is 3.81. The van der Waals surface area contributed by atoms with Crippen molar-refractivity contribution in [2.45, 2.75) is 39.2 Å². The van der Waals surface area contributed by atoms with Crippen LogP contribution in [-0.2, 0) is 4.79 Å². The van der Waals surface area contributed by atoms with Crippen LogP contribution in [0.4, 0.5) is 10.2 Å². The first-order valence-corrected chi connectivity index (χ1v) is 10.4. The van der Waals surface area contributed by atoms with Gasteiger partial charge in [0.15, 0.2) is 5.82 Å². The average molecular weight is 448 g/mol. The number of halogens is 1. The highest BCUT2D eigenvalue weighted by Gasteiger charge is 2.44. The first kappa shape index (κ1) is 22.1. The molecule has 0 spiro atoms. The van der Waals surface area contributed by atoms with Crippen LogP contribution < -0.4 is 5.32 Å². The van der Waals surface area contributed by atoms with E-state index in [1.54, 1.807) is 31.5 Å². The van der Waals surface area contributed by atoms with Gasteiger partial charge in [-0.05, 0) is 79.1 Å². The molecule has 2 aromatic heterocycles. The van der Waals surface area contributed by atoms with Crippen LogP contribution in [0.25, 0.3) is 22.0 Å². The second-order valence-electron chi connectivity index (χ2n) is 8.18. The third-order valence-corrected chi connectivity index (χ3v) is 5.60. The lowest BCUT2D eigenvalue weighted by atomic mass is 9.99. The number of aryl methyl sites for hydroxylation is 1. The molecule has 33 heavy (non-hydrogen) atoms. The Bertz CT molecular complexity index is 1300. The van der Waals surface area contributed by atoms with Gasteiger partial charge in [0.05, 0.1) is 5.56 Å². The van der Waals surface area contributed by atoms with Gasteiger partial charge in [0.25, 0.3) is 5.91 Å². The summed E-state index contributed by atoms with van der Waals surface area (Å²) >= 11 is 0. The summed E-state index contributed by atoms with van der Waals surface area (Å²) in [5.41, 5.74) is 10.1. The first-order valence-electron chi connectivity index (χ1n) is 10.4. The fraction of sp³-hybridized carbons (Fsp3) is 0.318. The van der Waals surface area contributed by atoms with Crippen molar-refractivity contribution in [3.8, 4) is 11.5 Å². The monoisotopic (exact) mass is 448 g/mol. The molecule has 1 fully saturated rings. The number of carbonyl (C=O) groups excluding carboxylic acids is 2. The van der Waals surface area contributed by atoms with Gasteiger partial charge in [-0.15, -0.1) is 10.2 Å². The number of nitrogens with one attached hydrogen (secondary N) is 1. The van der Waals surface area contributed by atoms with Crippen molar-refractivity contribution in [2.75, 3.05) is 5.32 Å². The van der Waals surface area contributed by atoms with E-state index in [2.05, 4.69) is 30.5 Å². The molecule has 3 aromatic rings. The Hall–Kier alpha value is -4.11. The van der Waals surface area contributed by atoms with Crippen molar-refractivity contribution in [3.05, 3.63) is 69.6 Å². The highest BCUT2D eigenvalue weighted by molar-refractivity contribution is 6.04. The predicted octanol–water partition coefficient (Wildman–Crippen LogP) is 4.56. The molecule has 168 valence electrons. The maximum Gasteiger partial charge on any atom is 0.259 e. The molecule has 10 nitrogen and oxygen atoms in total. The van der Waals surface area contributed by atoms with Gasteiger partial charge in [-0.25, -0.2) is 9.37 Å². The fourth-order valence-electron chi connectivity index (χ4n) is 3.81. The molecule has 1 aromatic carbocycles. The number of aromatic nitrogens is 4. The van der Waals surface area contributed by atoms with Crippen molar-refractivity contribution < 1.29 is 14.0 Å². The van der Waals surface area contributed by atoms with Crippen molar-refractivity contribution in [1.82, 2.24) is 19.7 Å². The van der Waals surface area contributed by atoms with Gasteiger partial charge in [-0.3, -0.25) is 9.59 Å². The van der Waals surface area contributed by atoms with Gasteiger partial charge in [-0.1, -0.05) is 6.07 Å². The maximum atomic E-state index is 14.7. The minimum absolute atomic E-state index is 0.118. The van der Waals surface area contributed by atoms with Crippen LogP contribution in [0.5, 0.6) is 0 Å². The summed E-state index contributed by atoms with van der Waals surface area (Å²) in [5.74, 6) is -1.76. The summed E-state index contributed by atoms with van der Waals surface area (Å²) in [6, 6.07) is 7.90. The van der Waals surface area contributed by atoms with Crippen molar-refractivity contribution in [2.24, 2.45) is 11.0 Å². The quantitative estimate of drug-likeness (QED) is 0.334. The predicted molar refractivity (Wildman–Crippen MR) is 118 cm³/mol. The third kappa shape index (κ3) is 4.44. The van der Waals surface area contributed by atoms with Crippen LogP contribution in [0.3, 0.4) is 0 Å². The molecule has 2 unspecified atom stereocenters. The minimum atomic E-state index is -0.678. The molecule has 2 heterocycles. The zero-order valence-electron chi connectivity index (χ0n) is 18.2. The number of rotatable bonds is 6. The number of nitrogens with zero attached hydrogens (tertiary/aromatic N) is 7. The Balaban J connectivity index is 1.58. The van der Waals surface area contributed by atoms with Crippen LogP contribution in [0.2, 0.25) is 0 Å². The number of pyridine rings is 1. The second kappa shape index (κ2) is 8.79. The number of carbonyl (C=O) groups is 2. The van der Waals surface area contributed by atoms with Crippen LogP contribution in [-0.4, -0.2) is 31.6 Å². The summed E-state index contributed by atoms with van der Waals surface area (Å²) in [5, 5.41) is 13.8. The summed E-state index contributed by atoms with van der Waals surface area (Å²) in [7, 11) is 0. The molecular formula is C22H21FN8O2. The Morgan fingerprint density at radius 3 is 2.85 bits per heavy atom. The summed E-state index contributed by atoms with van der Waals surface area (Å²) in [4.78, 5) is 31.7. The van der Waals surface area contributed by atoms with Gasteiger partial charge >= 0.3 is 0 Å². The topological polar surface area (TPSA) is 139 Å². The molecule has 2 amide bonds. The molecule has 4 rings (SSSR count). The third-order valence-electron chi connectivity index (χ3n) is 5.60. The molecule has 0 bridgehead atoms. The zero-order valence-corrected chi connectivity index (χ0v) is 18.2. The largest absolute Gasteiger partial charge is 0.310 e. The van der Waals surface area contributed by atoms with E-state index in [4.69, 9.17) is 5.53 Å². The smallest absolute Gasteiger partial charge is 0.259 e. The van der Waals surface area contributed by atoms with Crippen molar-refractivity contribution in [1.29, 1.82) is 0 Å². The van der Waals surface area contributed by atoms with Crippen LogP contribution in [0.1, 0.15) is 53.7 Å². The molecule has 0 saturated heterocycles. The standard InChI is InChI=1S/C22H21FN8O2/c1-11(2)31-10-25-28-20(31)18-5-4-6-19(26-18)27-21(32)16-8-13(12(3)7-17(16)23)14-9-15(14)22(33)29-30-24/h4-8,10-11,14-15H,9H2,1-3H3,(H,26,27,32). The van der Waals surface area contributed by atoms with E-state index in [0.29, 0.717) is 29.1 Å². The Labute approximate surface area is 188 Å². The molecular weight excluding hydrogens is 427 g/mol. The lowest BCUT2D eigenvalue weighted by Crippen LogP contribution is -2.16. The van der Waals surface area contributed by atoms with E-state index < -0.39 is 23.5 Å². The summed E-state index contributed by atoms with van der Waals surface area (Å²) in [6.45, 7) is 5.69. The molecule has 0 radical (unpaired) electrons. The van der Waals surface area contributed by atoms with Gasteiger partial charge in [0.1, 0.15) is 23.7 Å². The van der Waals surface area contributed by atoms with Crippen LogP contribution >= 0.6 is 0 Å². The number of amides is 2. The van der Waals surface area contributed by atoms with Crippen molar-refractivity contribution >= 4 is 17.6 Å². The number of hydrogen-bond acceptors (Lipinski definition) is 5. The molecule has 0 aliphatic heterocycles.